The number of rotatable bonds is 6. The quantitative estimate of drug-likeness (QED) is 0.634. The molecule has 0 radical (unpaired) electrons. The molecule has 0 atom stereocenters. The molecule has 0 spiro atoms. The lowest BCUT2D eigenvalue weighted by Gasteiger charge is -2.32. The Bertz CT molecular complexity index is 543. The summed E-state index contributed by atoms with van der Waals surface area (Å²) < 4.78 is 10.7. The zero-order valence-electron chi connectivity index (χ0n) is 13.4. The summed E-state index contributed by atoms with van der Waals surface area (Å²) in [6.07, 6.45) is 3.63. The van der Waals surface area contributed by atoms with Crippen molar-refractivity contribution in [1.29, 1.82) is 0 Å². The molecular formula is C17H23ClN2O3. The number of benzene rings is 1. The minimum absolute atomic E-state index is 0.129. The van der Waals surface area contributed by atoms with Crippen LogP contribution in [-0.4, -0.2) is 44.3 Å². The van der Waals surface area contributed by atoms with Gasteiger partial charge in [-0.25, -0.2) is 4.79 Å². The van der Waals surface area contributed by atoms with Crippen LogP contribution in [0.15, 0.2) is 30.9 Å². The summed E-state index contributed by atoms with van der Waals surface area (Å²) in [6, 6.07) is 5.02. The summed E-state index contributed by atoms with van der Waals surface area (Å²) in [5, 5.41) is 3.43. The van der Waals surface area contributed by atoms with E-state index in [1.54, 1.807) is 31.4 Å². The smallest absolute Gasteiger partial charge is 0.321 e. The fraction of sp³-hybridized carbons (Fsp3) is 0.471. The van der Waals surface area contributed by atoms with Crippen LogP contribution in [0.2, 0.25) is 5.02 Å². The van der Waals surface area contributed by atoms with Crippen LogP contribution in [0.5, 0.6) is 5.75 Å². The van der Waals surface area contributed by atoms with E-state index in [-0.39, 0.29) is 6.03 Å². The molecule has 1 N–H and O–H groups in total. The number of halogens is 1. The van der Waals surface area contributed by atoms with Gasteiger partial charge in [-0.1, -0.05) is 17.7 Å². The van der Waals surface area contributed by atoms with Gasteiger partial charge in [-0.3, -0.25) is 0 Å². The Labute approximate surface area is 142 Å². The molecule has 1 aromatic carbocycles. The number of nitrogens with one attached hydrogen (secondary N) is 1. The third-order valence-electron chi connectivity index (χ3n) is 3.89. The number of likely N-dealkylation sites (tertiary alicyclic amines) is 1. The first-order valence-corrected chi connectivity index (χ1v) is 8.10. The third-order valence-corrected chi connectivity index (χ3v) is 4.13. The Morgan fingerprint density at radius 3 is 2.87 bits per heavy atom. The van der Waals surface area contributed by atoms with Crippen molar-refractivity contribution in [3.8, 4) is 5.75 Å². The number of anilines is 1. The monoisotopic (exact) mass is 338 g/mol. The highest BCUT2D eigenvalue weighted by molar-refractivity contribution is 6.31. The molecule has 2 amide bonds. The summed E-state index contributed by atoms with van der Waals surface area (Å²) in [4.78, 5) is 14.2. The number of nitrogens with zero attached hydrogens (tertiary/aromatic N) is 1. The first-order chi connectivity index (χ1) is 11.1. The third kappa shape index (κ3) is 5.15. The fourth-order valence-electron chi connectivity index (χ4n) is 2.59. The van der Waals surface area contributed by atoms with E-state index < -0.39 is 0 Å². The Morgan fingerprint density at radius 1 is 1.48 bits per heavy atom. The summed E-state index contributed by atoms with van der Waals surface area (Å²) in [5.41, 5.74) is 0.585. The number of urea groups is 1. The SMILES string of the molecule is C=CCOCC1CCN(C(=O)Nc2cc(Cl)ccc2OC)CC1. The van der Waals surface area contributed by atoms with E-state index in [0.29, 0.717) is 29.0 Å². The minimum Gasteiger partial charge on any atom is -0.495 e. The van der Waals surface area contributed by atoms with Crippen molar-refractivity contribution >= 4 is 23.3 Å². The Morgan fingerprint density at radius 2 is 2.22 bits per heavy atom. The highest BCUT2D eigenvalue weighted by atomic mass is 35.5. The van der Waals surface area contributed by atoms with Crippen LogP contribution >= 0.6 is 11.6 Å². The van der Waals surface area contributed by atoms with Crippen molar-refractivity contribution in [3.05, 3.63) is 35.9 Å². The van der Waals surface area contributed by atoms with E-state index in [1.165, 1.54) is 0 Å². The maximum absolute atomic E-state index is 12.4. The van der Waals surface area contributed by atoms with Crippen molar-refractivity contribution < 1.29 is 14.3 Å². The molecule has 1 aromatic rings. The van der Waals surface area contributed by atoms with Crippen LogP contribution in [0.3, 0.4) is 0 Å². The molecule has 1 aliphatic heterocycles. The number of hydrogen-bond acceptors (Lipinski definition) is 3. The molecule has 5 nitrogen and oxygen atoms in total. The van der Waals surface area contributed by atoms with Gasteiger partial charge in [0.2, 0.25) is 0 Å². The number of hydrogen-bond donors (Lipinski definition) is 1. The second kappa shape index (κ2) is 8.79. The Kier molecular flexibility index (Phi) is 6.74. The molecule has 0 bridgehead atoms. The van der Waals surface area contributed by atoms with Gasteiger partial charge in [0.15, 0.2) is 0 Å². The summed E-state index contributed by atoms with van der Waals surface area (Å²) in [6.45, 7) is 6.38. The van der Waals surface area contributed by atoms with Gasteiger partial charge in [-0.2, -0.15) is 0 Å². The molecular weight excluding hydrogens is 316 g/mol. The van der Waals surface area contributed by atoms with Crippen molar-refractivity contribution in [2.75, 3.05) is 38.7 Å². The Balaban J connectivity index is 1.86. The molecule has 0 saturated carbocycles. The van der Waals surface area contributed by atoms with Crippen LogP contribution in [0.25, 0.3) is 0 Å². The van der Waals surface area contributed by atoms with E-state index >= 15 is 0 Å². The van der Waals surface area contributed by atoms with Gasteiger partial charge in [0.1, 0.15) is 5.75 Å². The molecule has 1 saturated heterocycles. The average Bonchev–Trinajstić information content (AvgIpc) is 2.56. The van der Waals surface area contributed by atoms with Crippen LogP contribution in [0, 0.1) is 5.92 Å². The summed E-state index contributed by atoms with van der Waals surface area (Å²) in [5.74, 6) is 1.09. The van der Waals surface area contributed by atoms with E-state index in [0.717, 1.165) is 32.5 Å². The van der Waals surface area contributed by atoms with Gasteiger partial charge in [0, 0.05) is 24.7 Å². The van der Waals surface area contributed by atoms with Crippen molar-refractivity contribution in [2.24, 2.45) is 5.92 Å². The molecule has 0 unspecified atom stereocenters. The lowest BCUT2D eigenvalue weighted by molar-refractivity contribution is 0.0906. The van der Waals surface area contributed by atoms with Crippen molar-refractivity contribution in [3.63, 3.8) is 0 Å². The largest absolute Gasteiger partial charge is 0.495 e. The maximum atomic E-state index is 12.4. The van der Waals surface area contributed by atoms with Gasteiger partial charge in [-0.05, 0) is 37.0 Å². The second-order valence-corrected chi connectivity index (χ2v) is 5.97. The molecule has 6 heteroatoms. The van der Waals surface area contributed by atoms with Crippen molar-refractivity contribution in [2.45, 2.75) is 12.8 Å². The van der Waals surface area contributed by atoms with Crippen molar-refractivity contribution in [1.82, 2.24) is 4.90 Å². The van der Waals surface area contributed by atoms with Gasteiger partial charge < -0.3 is 19.7 Å². The normalized spacial score (nSPS) is 15.3. The minimum atomic E-state index is -0.129. The first kappa shape index (κ1) is 17.6. The maximum Gasteiger partial charge on any atom is 0.321 e. The zero-order chi connectivity index (χ0) is 16.7. The van der Waals surface area contributed by atoms with Gasteiger partial charge in [0.05, 0.1) is 19.4 Å². The lowest BCUT2D eigenvalue weighted by Crippen LogP contribution is -2.41. The lowest BCUT2D eigenvalue weighted by atomic mass is 9.98. The van der Waals surface area contributed by atoms with Gasteiger partial charge >= 0.3 is 6.03 Å². The van der Waals surface area contributed by atoms with Gasteiger partial charge in [-0.15, -0.1) is 6.58 Å². The second-order valence-electron chi connectivity index (χ2n) is 5.53. The molecule has 0 aromatic heterocycles. The zero-order valence-corrected chi connectivity index (χ0v) is 14.1. The number of carbonyl (C=O) groups is 1. The van der Waals surface area contributed by atoms with Crippen LogP contribution in [0.1, 0.15) is 12.8 Å². The average molecular weight is 339 g/mol. The van der Waals surface area contributed by atoms with E-state index in [2.05, 4.69) is 11.9 Å². The first-order valence-electron chi connectivity index (χ1n) is 7.72. The number of methoxy groups -OCH3 is 1. The Hall–Kier alpha value is -1.72. The highest BCUT2D eigenvalue weighted by Crippen LogP contribution is 2.28. The van der Waals surface area contributed by atoms with Crippen LogP contribution in [-0.2, 0) is 4.74 Å². The van der Waals surface area contributed by atoms with Gasteiger partial charge in [0.25, 0.3) is 0 Å². The summed E-state index contributed by atoms with van der Waals surface area (Å²) >= 11 is 5.98. The summed E-state index contributed by atoms with van der Waals surface area (Å²) in [7, 11) is 1.56. The van der Waals surface area contributed by atoms with E-state index in [9.17, 15) is 4.79 Å². The molecule has 0 aliphatic carbocycles. The molecule has 23 heavy (non-hydrogen) atoms. The van der Waals surface area contributed by atoms with Crippen LogP contribution in [0.4, 0.5) is 10.5 Å². The predicted molar refractivity (Wildman–Crippen MR) is 92.3 cm³/mol. The van der Waals surface area contributed by atoms with E-state index in [1.807, 2.05) is 4.90 Å². The van der Waals surface area contributed by atoms with E-state index in [4.69, 9.17) is 21.1 Å². The fourth-order valence-corrected chi connectivity index (χ4v) is 2.77. The number of piperidine rings is 1. The molecule has 1 aliphatic rings. The standard InChI is InChI=1S/C17H23ClN2O3/c1-3-10-23-12-13-6-8-20(9-7-13)17(21)19-15-11-14(18)4-5-16(15)22-2/h3-5,11,13H,1,6-10,12H2,2H3,(H,19,21). The van der Waals surface area contributed by atoms with Crippen LogP contribution < -0.4 is 10.1 Å². The predicted octanol–water partition coefficient (Wildman–Crippen LogP) is 3.80. The number of ether oxygens (including phenoxy) is 2. The molecule has 126 valence electrons. The molecule has 1 fully saturated rings. The number of amides is 2. The highest BCUT2D eigenvalue weighted by Gasteiger charge is 2.23. The number of carbonyl (C=O) groups excluding carboxylic acids is 1. The molecule has 2 rings (SSSR count). The molecule has 1 heterocycles. The topological polar surface area (TPSA) is 50.8 Å².